The van der Waals surface area contributed by atoms with Gasteiger partial charge in [-0.3, -0.25) is 4.79 Å². The van der Waals surface area contributed by atoms with Gasteiger partial charge in [0.2, 0.25) is 5.91 Å². The summed E-state index contributed by atoms with van der Waals surface area (Å²) < 4.78 is 24.4. The van der Waals surface area contributed by atoms with E-state index in [-0.39, 0.29) is 58.5 Å². The van der Waals surface area contributed by atoms with Gasteiger partial charge in [0, 0.05) is 5.41 Å². The Morgan fingerprint density at radius 2 is 1.54 bits per heavy atom. The minimum absolute atomic E-state index is 0.00887. The first-order valence-corrected chi connectivity index (χ1v) is 22.0. The second kappa shape index (κ2) is 15.8. The van der Waals surface area contributed by atoms with Gasteiger partial charge < -0.3 is 65.1 Å². The molecule has 9 N–H and O–H groups in total. The van der Waals surface area contributed by atoms with Crippen molar-refractivity contribution >= 4 is 11.9 Å². The first-order valence-electron chi connectivity index (χ1n) is 22.0. The molecule has 7 aliphatic rings. The molecule has 15 nitrogen and oxygen atoms in total. The molecule has 0 aromatic carbocycles. The number of allylic oxidation sites excluding steroid dienone is 2. The van der Waals surface area contributed by atoms with Gasteiger partial charge in [-0.25, -0.2) is 4.79 Å². The van der Waals surface area contributed by atoms with Crippen LogP contribution < -0.4 is 5.32 Å². The summed E-state index contributed by atoms with van der Waals surface area (Å²) in [5.41, 5.74) is -0.791. The molecule has 0 bridgehead atoms. The SMILES string of the molecule is C[C@@H]1O[C@@H](O[C@H]2[C@H](O[C@H]3CC[C@@]4(C)[C@@H](CC[C@]5(C)[C@@H]4CC=C4[C@@H]6CC(C)(C)CC[C@]6(C(=O)N[C@H](CO)C(=O)O)CC[C@]45C)[C@]3(C)CO)OC[C@H](O)[C@@H]2O)[C@H](O)[C@H](O)[C@H]1O. The van der Waals surface area contributed by atoms with E-state index < -0.39 is 90.9 Å². The lowest BCUT2D eigenvalue weighted by Crippen LogP contribution is -2.67. The van der Waals surface area contributed by atoms with Crippen molar-refractivity contribution in [1.82, 2.24) is 5.32 Å². The number of aliphatic hydroxyl groups excluding tert-OH is 7. The lowest BCUT2D eigenvalue weighted by Gasteiger charge is -2.71. The summed E-state index contributed by atoms with van der Waals surface area (Å²) in [6, 6.07) is -1.36. The summed E-state index contributed by atoms with van der Waals surface area (Å²) in [6.07, 6.45) is -2.81. The highest BCUT2D eigenvalue weighted by Gasteiger charge is 2.70. The van der Waals surface area contributed by atoms with Crippen LogP contribution in [0.25, 0.3) is 0 Å². The summed E-state index contributed by atoms with van der Waals surface area (Å²) in [6.45, 7) is 14.2. The lowest BCUT2D eigenvalue weighted by atomic mass is 9.33. The second-order valence-corrected chi connectivity index (χ2v) is 21.3. The van der Waals surface area contributed by atoms with E-state index in [1.807, 2.05) is 0 Å². The van der Waals surface area contributed by atoms with E-state index in [0.29, 0.717) is 19.3 Å². The van der Waals surface area contributed by atoms with E-state index in [0.717, 1.165) is 44.9 Å². The number of aliphatic hydroxyl groups is 7. The molecule has 0 aromatic heterocycles. The van der Waals surface area contributed by atoms with Crippen molar-refractivity contribution in [2.45, 2.75) is 180 Å². The number of carboxylic acids is 1. The van der Waals surface area contributed by atoms with Crippen molar-refractivity contribution in [2.75, 3.05) is 19.8 Å². The van der Waals surface area contributed by atoms with Gasteiger partial charge in [0.15, 0.2) is 12.6 Å². The van der Waals surface area contributed by atoms with Crippen molar-refractivity contribution in [3.05, 3.63) is 11.6 Å². The number of hydrogen-bond donors (Lipinski definition) is 9. The van der Waals surface area contributed by atoms with Gasteiger partial charge in [-0.2, -0.15) is 0 Å². The molecule has 19 atom stereocenters. The number of amides is 1. The average molecular weight is 838 g/mol. The fourth-order valence-electron chi connectivity index (χ4n) is 13.8. The Hall–Kier alpha value is -1.76. The Bertz CT molecular complexity index is 1630. The zero-order chi connectivity index (χ0) is 43.2. The van der Waals surface area contributed by atoms with Crippen LogP contribution in [0.4, 0.5) is 0 Å². The first-order chi connectivity index (χ1) is 27.5. The highest BCUT2D eigenvalue weighted by molar-refractivity contribution is 5.88. The van der Waals surface area contributed by atoms with Crippen molar-refractivity contribution in [3.8, 4) is 0 Å². The quantitative estimate of drug-likeness (QED) is 0.119. The van der Waals surface area contributed by atoms with Crippen molar-refractivity contribution in [2.24, 2.45) is 50.2 Å². The molecule has 2 saturated heterocycles. The molecule has 2 heterocycles. The Morgan fingerprint density at radius 1 is 0.847 bits per heavy atom. The molecule has 5 aliphatic carbocycles. The normalized spacial score (nSPS) is 51.2. The molecule has 0 radical (unpaired) electrons. The molecule has 6 fully saturated rings. The Balaban J connectivity index is 1.15. The number of carboxylic acid groups (broad SMARTS) is 1. The van der Waals surface area contributed by atoms with Crippen molar-refractivity contribution < 1.29 is 69.4 Å². The second-order valence-electron chi connectivity index (χ2n) is 21.3. The monoisotopic (exact) mass is 837 g/mol. The standard InChI is InChI=1S/C44H71NO14/c1-22-30(49)32(51)33(52)36(57-22)59-34-31(50)26(48)20-56-37(34)58-29-11-12-40(4)27(41(29,5)21-47)10-13-43(7)28(40)9-8-23-24-18-39(2,3)14-16-44(24,17-15-42(23,43)6)38(55)45-25(19-46)35(53)54/h8,22,24-34,36-37,46-52H,9-21H2,1-7H3,(H,45,55)(H,53,54)/t22-,24-,25+,26-,27+,28+,29-,30-,31-,32+,33+,34+,36-,37-,40-,41-,42+,43+,44-/m0/s1. The van der Waals surface area contributed by atoms with E-state index >= 15 is 0 Å². The predicted molar refractivity (Wildman–Crippen MR) is 211 cm³/mol. The molecular formula is C44H71NO14. The van der Waals surface area contributed by atoms with Gasteiger partial charge in [-0.05, 0) is 111 Å². The van der Waals surface area contributed by atoms with Gasteiger partial charge in [0.05, 0.1) is 37.4 Å². The fourth-order valence-corrected chi connectivity index (χ4v) is 13.8. The molecule has 7 rings (SSSR count). The smallest absolute Gasteiger partial charge is 0.328 e. The third-order valence-electron chi connectivity index (χ3n) is 17.8. The van der Waals surface area contributed by atoms with E-state index in [2.05, 4.69) is 52.9 Å². The molecule has 0 aromatic rings. The Kier molecular flexibility index (Phi) is 12.1. The molecule has 15 heteroatoms. The molecule has 59 heavy (non-hydrogen) atoms. The molecule has 1 amide bonds. The van der Waals surface area contributed by atoms with Crippen LogP contribution in [0.3, 0.4) is 0 Å². The number of aliphatic carboxylic acids is 1. The van der Waals surface area contributed by atoms with E-state index in [4.69, 9.17) is 18.9 Å². The summed E-state index contributed by atoms with van der Waals surface area (Å²) >= 11 is 0. The van der Waals surface area contributed by atoms with Crippen LogP contribution in [0.5, 0.6) is 0 Å². The predicted octanol–water partition coefficient (Wildman–Crippen LogP) is 2.00. The summed E-state index contributed by atoms with van der Waals surface area (Å²) in [7, 11) is 0. The molecule has 2 aliphatic heterocycles. The van der Waals surface area contributed by atoms with Crippen LogP contribution in [0.2, 0.25) is 0 Å². The number of ether oxygens (including phenoxy) is 4. The van der Waals surface area contributed by atoms with Gasteiger partial charge in [-0.1, -0.05) is 53.2 Å². The van der Waals surface area contributed by atoms with Crippen LogP contribution >= 0.6 is 0 Å². The van der Waals surface area contributed by atoms with Crippen LogP contribution in [0.15, 0.2) is 11.6 Å². The number of carbonyl (C=O) groups excluding carboxylic acids is 1. The molecular weight excluding hydrogens is 766 g/mol. The van der Waals surface area contributed by atoms with Crippen molar-refractivity contribution in [1.29, 1.82) is 0 Å². The zero-order valence-corrected chi connectivity index (χ0v) is 35.9. The number of fused-ring (bicyclic) bond motifs is 7. The highest BCUT2D eigenvalue weighted by Crippen LogP contribution is 2.76. The van der Waals surface area contributed by atoms with E-state index in [9.17, 15) is 50.4 Å². The molecule has 0 spiro atoms. The maximum atomic E-state index is 14.3. The number of nitrogens with one attached hydrogen (secondary N) is 1. The highest BCUT2D eigenvalue weighted by atomic mass is 16.8. The summed E-state index contributed by atoms with van der Waals surface area (Å²) in [5.74, 6) is -1.31. The Labute approximate surface area is 347 Å². The van der Waals surface area contributed by atoms with Gasteiger partial charge in [-0.15, -0.1) is 0 Å². The van der Waals surface area contributed by atoms with Crippen LogP contribution in [0, 0.1) is 50.2 Å². The maximum Gasteiger partial charge on any atom is 0.328 e. The lowest BCUT2D eigenvalue weighted by molar-refractivity contribution is -0.365. The minimum Gasteiger partial charge on any atom is -0.480 e. The van der Waals surface area contributed by atoms with E-state index in [1.54, 1.807) is 0 Å². The minimum atomic E-state index is -1.65. The number of hydrogen-bond acceptors (Lipinski definition) is 13. The van der Waals surface area contributed by atoms with E-state index in [1.165, 1.54) is 12.5 Å². The topological polar surface area (TPSA) is 245 Å². The number of rotatable bonds is 9. The van der Waals surface area contributed by atoms with Gasteiger partial charge in [0.1, 0.15) is 42.7 Å². The summed E-state index contributed by atoms with van der Waals surface area (Å²) in [5, 5.41) is 86.7. The molecule has 336 valence electrons. The maximum absolute atomic E-state index is 14.3. The third kappa shape index (κ3) is 7.05. The van der Waals surface area contributed by atoms with Gasteiger partial charge in [0.25, 0.3) is 0 Å². The Morgan fingerprint density at radius 3 is 2.20 bits per heavy atom. The van der Waals surface area contributed by atoms with Crippen LogP contribution in [-0.2, 0) is 28.5 Å². The summed E-state index contributed by atoms with van der Waals surface area (Å²) in [4.78, 5) is 26.2. The van der Waals surface area contributed by atoms with Crippen molar-refractivity contribution in [3.63, 3.8) is 0 Å². The third-order valence-corrected chi connectivity index (χ3v) is 17.8. The first kappa shape index (κ1) is 45.3. The molecule has 0 unspecified atom stereocenters. The average Bonchev–Trinajstić information content (AvgIpc) is 3.18. The van der Waals surface area contributed by atoms with Crippen LogP contribution in [-0.4, -0.2) is 140 Å². The van der Waals surface area contributed by atoms with Gasteiger partial charge >= 0.3 is 5.97 Å². The molecule has 4 saturated carbocycles. The fraction of sp³-hybridized carbons (Fsp3) is 0.909. The zero-order valence-electron chi connectivity index (χ0n) is 35.9. The largest absolute Gasteiger partial charge is 0.480 e. The number of carbonyl (C=O) groups is 2. The van der Waals surface area contributed by atoms with Crippen LogP contribution in [0.1, 0.15) is 113 Å².